The fraction of sp³-hybridized carbons (Fsp3) is 0.321. The highest BCUT2D eigenvalue weighted by Crippen LogP contribution is 2.43. The minimum absolute atomic E-state index is 0.150. The van der Waals surface area contributed by atoms with E-state index < -0.39 is 18.6 Å². The smallest absolute Gasteiger partial charge is 0.387 e. The van der Waals surface area contributed by atoms with Gasteiger partial charge in [0.2, 0.25) is 5.91 Å². The van der Waals surface area contributed by atoms with E-state index in [-0.39, 0.29) is 11.8 Å². The highest BCUT2D eigenvalue weighted by Gasteiger charge is 2.36. The largest absolute Gasteiger partial charge is 0.493 e. The third kappa shape index (κ3) is 5.44. The minimum atomic E-state index is -2.91. The van der Waals surface area contributed by atoms with E-state index in [1.54, 1.807) is 32.4 Å². The van der Waals surface area contributed by atoms with Crippen LogP contribution in [0.15, 0.2) is 66.7 Å². The van der Waals surface area contributed by atoms with Gasteiger partial charge in [-0.3, -0.25) is 9.69 Å². The first-order valence-corrected chi connectivity index (χ1v) is 11.8. The lowest BCUT2D eigenvalue weighted by Crippen LogP contribution is -2.44. The number of carbonyl (C=O) groups is 1. The first-order valence-electron chi connectivity index (χ1n) is 11.8. The van der Waals surface area contributed by atoms with Gasteiger partial charge < -0.3 is 19.9 Å². The summed E-state index contributed by atoms with van der Waals surface area (Å²) in [5, 5.41) is 0. The summed E-state index contributed by atoms with van der Waals surface area (Å²) in [4.78, 5) is 14.9. The van der Waals surface area contributed by atoms with E-state index in [1.807, 2.05) is 42.5 Å². The van der Waals surface area contributed by atoms with Crippen molar-refractivity contribution >= 4 is 5.91 Å². The number of aryl methyl sites for hydroxylation is 1. The summed E-state index contributed by atoms with van der Waals surface area (Å²) in [5.74, 6) is 0.918. The zero-order valence-corrected chi connectivity index (χ0v) is 20.3. The van der Waals surface area contributed by atoms with E-state index in [2.05, 4.69) is 4.90 Å². The van der Waals surface area contributed by atoms with Gasteiger partial charge in [0, 0.05) is 12.6 Å². The molecule has 1 aliphatic heterocycles. The van der Waals surface area contributed by atoms with Crippen LogP contribution in [0.4, 0.5) is 8.78 Å². The molecule has 3 aromatic carbocycles. The van der Waals surface area contributed by atoms with Gasteiger partial charge in [-0.1, -0.05) is 48.5 Å². The van der Waals surface area contributed by atoms with Gasteiger partial charge in [0.25, 0.3) is 0 Å². The van der Waals surface area contributed by atoms with Crippen LogP contribution in [0.25, 0.3) is 0 Å². The monoisotopic (exact) mass is 496 g/mol. The Hall–Kier alpha value is -3.65. The van der Waals surface area contributed by atoms with Crippen molar-refractivity contribution < 1.29 is 27.8 Å². The molecule has 1 unspecified atom stereocenters. The second kappa shape index (κ2) is 11.4. The lowest BCUT2D eigenvalue weighted by molar-refractivity contribution is -0.124. The first-order chi connectivity index (χ1) is 17.4. The number of ether oxygens (including phenoxy) is 3. The van der Waals surface area contributed by atoms with Gasteiger partial charge in [-0.25, -0.2) is 0 Å². The predicted molar refractivity (Wildman–Crippen MR) is 132 cm³/mol. The Morgan fingerprint density at radius 2 is 1.67 bits per heavy atom. The topological polar surface area (TPSA) is 74.0 Å². The van der Waals surface area contributed by atoms with Gasteiger partial charge in [-0.2, -0.15) is 8.78 Å². The molecule has 1 aliphatic rings. The summed E-state index contributed by atoms with van der Waals surface area (Å²) in [6.45, 7) is -2.32. The molecule has 0 aliphatic carbocycles. The summed E-state index contributed by atoms with van der Waals surface area (Å²) in [7, 11) is 3.17. The molecule has 0 saturated carbocycles. The number of primary amides is 1. The second-order valence-electron chi connectivity index (χ2n) is 8.65. The predicted octanol–water partition coefficient (Wildman–Crippen LogP) is 5.06. The van der Waals surface area contributed by atoms with Crippen molar-refractivity contribution in [1.29, 1.82) is 0 Å². The Bertz CT molecular complexity index is 1190. The van der Waals surface area contributed by atoms with Gasteiger partial charge in [0.05, 0.1) is 14.2 Å². The molecule has 0 spiro atoms. The molecule has 36 heavy (non-hydrogen) atoms. The van der Waals surface area contributed by atoms with E-state index >= 15 is 0 Å². The summed E-state index contributed by atoms with van der Waals surface area (Å²) < 4.78 is 41.8. The molecule has 1 amide bonds. The Balaban J connectivity index is 1.75. The number of nitrogens with zero attached hydrogens (tertiary/aromatic N) is 1. The average molecular weight is 497 g/mol. The molecule has 0 saturated heterocycles. The maximum Gasteiger partial charge on any atom is 0.387 e. The molecule has 6 nitrogen and oxygen atoms in total. The Kier molecular flexibility index (Phi) is 8.05. The van der Waals surface area contributed by atoms with Gasteiger partial charge in [-0.15, -0.1) is 0 Å². The molecule has 4 rings (SSSR count). The standard InChI is InChI=1S/C28H30F2N2O4/c1-34-24-16-20-14-15-32(26(27(31)33)19-9-4-3-5-10-19)22(21(20)17-25(24)35-2)13-12-18-8-6-7-11-23(18)36-28(29)30/h3-11,16-17,22,26,28H,12-15H2,1-2H3,(H2,31,33)/t22-,26?/m0/s1. The van der Waals surface area contributed by atoms with Crippen LogP contribution in [0.2, 0.25) is 0 Å². The number of fused-ring (bicyclic) bond motifs is 1. The van der Waals surface area contributed by atoms with Crippen LogP contribution in [-0.2, 0) is 17.6 Å². The van der Waals surface area contributed by atoms with E-state index in [1.165, 1.54) is 6.07 Å². The number of amides is 1. The number of nitrogens with two attached hydrogens (primary N) is 1. The van der Waals surface area contributed by atoms with Crippen molar-refractivity contribution in [2.45, 2.75) is 38.0 Å². The summed E-state index contributed by atoms with van der Waals surface area (Å²) in [5.41, 5.74) is 9.49. The van der Waals surface area contributed by atoms with E-state index in [0.717, 1.165) is 16.7 Å². The van der Waals surface area contributed by atoms with Crippen molar-refractivity contribution in [2.75, 3.05) is 20.8 Å². The summed E-state index contributed by atoms with van der Waals surface area (Å²) in [6.07, 6.45) is 1.69. The molecule has 0 bridgehead atoms. The highest BCUT2D eigenvalue weighted by atomic mass is 19.3. The van der Waals surface area contributed by atoms with Gasteiger partial charge in [0.1, 0.15) is 11.8 Å². The highest BCUT2D eigenvalue weighted by molar-refractivity contribution is 5.81. The molecule has 3 aromatic rings. The van der Waals surface area contributed by atoms with Gasteiger partial charge >= 0.3 is 6.61 Å². The molecule has 8 heteroatoms. The number of para-hydroxylation sites is 1. The molecule has 0 radical (unpaired) electrons. The first kappa shape index (κ1) is 25.4. The van der Waals surface area contributed by atoms with Crippen LogP contribution in [0, 0.1) is 0 Å². The number of alkyl halides is 2. The Morgan fingerprint density at radius 1 is 1.00 bits per heavy atom. The third-order valence-corrected chi connectivity index (χ3v) is 6.64. The average Bonchev–Trinajstić information content (AvgIpc) is 2.88. The maximum absolute atomic E-state index is 13.0. The van der Waals surface area contributed by atoms with E-state index in [4.69, 9.17) is 19.9 Å². The normalized spacial score (nSPS) is 16.3. The van der Waals surface area contributed by atoms with Crippen LogP contribution in [-0.4, -0.2) is 38.2 Å². The van der Waals surface area contributed by atoms with Crippen LogP contribution in [0.3, 0.4) is 0 Å². The van der Waals surface area contributed by atoms with Crippen molar-refractivity contribution in [3.05, 3.63) is 89.0 Å². The van der Waals surface area contributed by atoms with Gasteiger partial charge in [-0.05, 0) is 59.7 Å². The molecule has 1 heterocycles. The number of hydrogen-bond donors (Lipinski definition) is 1. The molecule has 0 fully saturated rings. The van der Waals surface area contributed by atoms with Gasteiger partial charge in [0.15, 0.2) is 11.5 Å². The number of rotatable bonds is 10. The van der Waals surface area contributed by atoms with Crippen LogP contribution in [0.1, 0.15) is 40.8 Å². The Labute approximate surface area is 209 Å². The number of halogens is 2. The molecule has 0 aromatic heterocycles. The van der Waals surface area contributed by atoms with Crippen LogP contribution >= 0.6 is 0 Å². The molecular weight excluding hydrogens is 466 g/mol. The number of methoxy groups -OCH3 is 2. The van der Waals surface area contributed by atoms with E-state index in [0.29, 0.717) is 42.9 Å². The molecule has 2 atom stereocenters. The Morgan fingerprint density at radius 3 is 2.33 bits per heavy atom. The van der Waals surface area contributed by atoms with Crippen LogP contribution < -0.4 is 19.9 Å². The van der Waals surface area contributed by atoms with Crippen molar-refractivity contribution in [3.8, 4) is 17.2 Å². The van der Waals surface area contributed by atoms with Crippen molar-refractivity contribution in [1.82, 2.24) is 4.90 Å². The summed E-state index contributed by atoms with van der Waals surface area (Å²) in [6, 6.07) is 19.2. The SMILES string of the molecule is COc1cc2c(cc1OC)[C@H](CCc1ccccc1OC(F)F)N(C(C(N)=O)c1ccccc1)CC2. The van der Waals surface area contributed by atoms with E-state index in [9.17, 15) is 13.6 Å². The minimum Gasteiger partial charge on any atom is -0.493 e. The number of benzene rings is 3. The lowest BCUT2D eigenvalue weighted by Gasteiger charge is -2.41. The summed E-state index contributed by atoms with van der Waals surface area (Å²) >= 11 is 0. The maximum atomic E-state index is 13.0. The third-order valence-electron chi connectivity index (χ3n) is 6.64. The quantitative estimate of drug-likeness (QED) is 0.425. The van der Waals surface area contributed by atoms with Crippen molar-refractivity contribution in [2.24, 2.45) is 5.73 Å². The second-order valence-corrected chi connectivity index (χ2v) is 8.65. The molecular formula is C28H30F2N2O4. The lowest BCUT2D eigenvalue weighted by atomic mass is 9.86. The fourth-order valence-corrected chi connectivity index (χ4v) is 5.05. The van der Waals surface area contributed by atoms with Crippen LogP contribution in [0.5, 0.6) is 17.2 Å². The molecule has 190 valence electrons. The van der Waals surface area contributed by atoms with Crippen molar-refractivity contribution in [3.63, 3.8) is 0 Å². The zero-order chi connectivity index (χ0) is 25.7. The number of hydrogen-bond acceptors (Lipinski definition) is 5. The number of carbonyl (C=O) groups excluding carboxylic acids is 1. The fourth-order valence-electron chi connectivity index (χ4n) is 5.05. The molecule has 2 N–H and O–H groups in total. The zero-order valence-electron chi connectivity index (χ0n) is 20.3.